The molecule has 142 valence electrons. The number of anilines is 2. The second-order valence-corrected chi connectivity index (χ2v) is 7.24. The molecule has 5 heteroatoms. The molecule has 4 rings (SSSR count). The maximum absolute atomic E-state index is 12.6. The van der Waals surface area contributed by atoms with Crippen LogP contribution in [0.15, 0.2) is 78.9 Å². The minimum absolute atomic E-state index is 0.0478. The van der Waals surface area contributed by atoms with Crippen molar-refractivity contribution in [2.24, 2.45) is 0 Å². The molecule has 0 unspecified atom stereocenters. The van der Waals surface area contributed by atoms with E-state index in [-0.39, 0.29) is 11.9 Å². The molecule has 1 aliphatic heterocycles. The van der Waals surface area contributed by atoms with Crippen LogP contribution in [-0.4, -0.2) is 18.6 Å². The fraction of sp³-hybridized carbons (Fsp3) is 0.174. The van der Waals surface area contributed by atoms with Crippen LogP contribution in [0, 0.1) is 0 Å². The molecule has 3 aromatic rings. The molecule has 28 heavy (non-hydrogen) atoms. The molecule has 1 amide bonds. The molecule has 3 aromatic carbocycles. The van der Waals surface area contributed by atoms with Crippen molar-refractivity contribution in [2.75, 3.05) is 16.8 Å². The second-order valence-electron chi connectivity index (χ2n) is 6.81. The van der Waals surface area contributed by atoms with Gasteiger partial charge in [0.05, 0.1) is 18.2 Å². The standard InChI is InChI=1S/C23H21ClN2O2/c24-18-10-12-19(13-11-18)25-23(27)14-20-16-28-22-9-5-4-8-21(22)26(20)15-17-6-2-1-3-7-17/h1-13,20H,14-16H2,(H,25,27)/t20-/m0/s1. The zero-order valence-electron chi connectivity index (χ0n) is 15.3. The van der Waals surface area contributed by atoms with E-state index in [2.05, 4.69) is 22.3 Å². The fourth-order valence-electron chi connectivity index (χ4n) is 3.41. The molecule has 4 nitrogen and oxygen atoms in total. The number of halogens is 1. The van der Waals surface area contributed by atoms with Gasteiger partial charge in [0.25, 0.3) is 0 Å². The van der Waals surface area contributed by atoms with Gasteiger partial charge in [0.15, 0.2) is 0 Å². The third-order valence-electron chi connectivity index (χ3n) is 4.79. The lowest BCUT2D eigenvalue weighted by molar-refractivity contribution is -0.116. The molecule has 1 N–H and O–H groups in total. The first-order valence-corrected chi connectivity index (χ1v) is 9.64. The number of benzene rings is 3. The Morgan fingerprint density at radius 1 is 1.00 bits per heavy atom. The lowest BCUT2D eigenvalue weighted by Gasteiger charge is -2.38. The monoisotopic (exact) mass is 392 g/mol. The van der Waals surface area contributed by atoms with Gasteiger partial charge in [0.2, 0.25) is 5.91 Å². The third-order valence-corrected chi connectivity index (χ3v) is 5.04. The highest BCUT2D eigenvalue weighted by molar-refractivity contribution is 6.30. The number of hydrogen-bond donors (Lipinski definition) is 1. The lowest BCUT2D eigenvalue weighted by atomic mass is 10.1. The molecule has 0 spiro atoms. The Hall–Kier alpha value is -2.98. The van der Waals surface area contributed by atoms with Gasteiger partial charge in [-0.1, -0.05) is 54.1 Å². The third kappa shape index (κ3) is 4.29. The smallest absolute Gasteiger partial charge is 0.226 e. The Morgan fingerprint density at radius 3 is 2.50 bits per heavy atom. The Kier molecular flexibility index (Phi) is 5.49. The van der Waals surface area contributed by atoms with Crippen LogP contribution in [0.25, 0.3) is 0 Å². The maximum atomic E-state index is 12.6. The van der Waals surface area contributed by atoms with Crippen molar-refractivity contribution in [1.29, 1.82) is 0 Å². The van der Waals surface area contributed by atoms with Gasteiger partial charge in [0, 0.05) is 17.3 Å². The zero-order chi connectivity index (χ0) is 19.3. The van der Waals surface area contributed by atoms with Gasteiger partial charge in [-0.2, -0.15) is 0 Å². The molecule has 0 aliphatic carbocycles. The van der Waals surface area contributed by atoms with Gasteiger partial charge in [-0.3, -0.25) is 4.79 Å². The first-order valence-electron chi connectivity index (χ1n) is 9.27. The molecule has 0 saturated carbocycles. The highest BCUT2D eigenvalue weighted by Gasteiger charge is 2.29. The average Bonchev–Trinajstić information content (AvgIpc) is 2.72. The number of hydrogen-bond acceptors (Lipinski definition) is 3. The molecule has 1 atom stereocenters. The highest BCUT2D eigenvalue weighted by atomic mass is 35.5. The summed E-state index contributed by atoms with van der Waals surface area (Å²) in [6, 6.07) is 25.3. The van der Waals surface area contributed by atoms with Crippen molar-refractivity contribution in [3.8, 4) is 5.75 Å². The number of para-hydroxylation sites is 2. The molecule has 0 bridgehead atoms. The predicted octanol–water partition coefficient (Wildman–Crippen LogP) is 5.14. The molecule has 0 saturated heterocycles. The molecule has 0 radical (unpaired) electrons. The van der Waals surface area contributed by atoms with Crippen LogP contribution in [0.1, 0.15) is 12.0 Å². The number of nitrogens with one attached hydrogen (secondary N) is 1. The van der Waals surface area contributed by atoms with Crippen LogP contribution in [0.2, 0.25) is 5.02 Å². The molecule has 1 aliphatic rings. The van der Waals surface area contributed by atoms with Crippen LogP contribution < -0.4 is 15.0 Å². The van der Waals surface area contributed by atoms with Crippen LogP contribution in [0.4, 0.5) is 11.4 Å². The topological polar surface area (TPSA) is 41.6 Å². The zero-order valence-corrected chi connectivity index (χ0v) is 16.1. The van der Waals surface area contributed by atoms with Gasteiger partial charge in [-0.15, -0.1) is 0 Å². The van der Waals surface area contributed by atoms with E-state index in [9.17, 15) is 4.79 Å². The summed E-state index contributed by atoms with van der Waals surface area (Å²) in [4.78, 5) is 14.9. The molecular weight excluding hydrogens is 372 g/mol. The average molecular weight is 393 g/mol. The summed E-state index contributed by atoms with van der Waals surface area (Å²) < 4.78 is 5.93. The number of rotatable bonds is 5. The summed E-state index contributed by atoms with van der Waals surface area (Å²) in [7, 11) is 0. The van der Waals surface area contributed by atoms with Gasteiger partial charge >= 0.3 is 0 Å². The van der Waals surface area contributed by atoms with E-state index in [0.717, 1.165) is 23.7 Å². The molecular formula is C23H21ClN2O2. The first kappa shape index (κ1) is 18.4. The summed E-state index contributed by atoms with van der Waals surface area (Å²) in [5, 5.41) is 3.59. The van der Waals surface area contributed by atoms with Gasteiger partial charge in [-0.05, 0) is 42.0 Å². The van der Waals surface area contributed by atoms with E-state index in [4.69, 9.17) is 16.3 Å². The second kappa shape index (κ2) is 8.36. The molecule has 1 heterocycles. The SMILES string of the molecule is O=C(C[C@H]1COc2ccccc2N1Cc1ccccc1)Nc1ccc(Cl)cc1. The van der Waals surface area contributed by atoms with E-state index >= 15 is 0 Å². The fourth-order valence-corrected chi connectivity index (χ4v) is 3.54. The van der Waals surface area contributed by atoms with Crippen molar-refractivity contribution in [3.05, 3.63) is 89.4 Å². The Labute approximate surface area is 169 Å². The van der Waals surface area contributed by atoms with E-state index < -0.39 is 0 Å². The van der Waals surface area contributed by atoms with Crippen molar-refractivity contribution >= 4 is 28.9 Å². The maximum Gasteiger partial charge on any atom is 0.226 e. The summed E-state index contributed by atoms with van der Waals surface area (Å²) in [6.07, 6.45) is 0.337. The minimum Gasteiger partial charge on any atom is -0.489 e. The highest BCUT2D eigenvalue weighted by Crippen LogP contribution is 2.35. The van der Waals surface area contributed by atoms with Crippen molar-refractivity contribution < 1.29 is 9.53 Å². The summed E-state index contributed by atoms with van der Waals surface area (Å²) in [6.45, 7) is 1.19. The van der Waals surface area contributed by atoms with Gasteiger partial charge in [-0.25, -0.2) is 0 Å². The Bertz CT molecular complexity index is 944. The Balaban J connectivity index is 1.52. The van der Waals surface area contributed by atoms with Crippen LogP contribution in [-0.2, 0) is 11.3 Å². The summed E-state index contributed by atoms with van der Waals surface area (Å²) >= 11 is 5.91. The van der Waals surface area contributed by atoms with Crippen molar-refractivity contribution in [3.63, 3.8) is 0 Å². The van der Waals surface area contributed by atoms with E-state index in [0.29, 0.717) is 18.1 Å². The number of fused-ring (bicyclic) bond motifs is 1. The number of carbonyl (C=O) groups excluding carboxylic acids is 1. The van der Waals surface area contributed by atoms with Crippen molar-refractivity contribution in [2.45, 2.75) is 19.0 Å². The minimum atomic E-state index is -0.0533. The predicted molar refractivity (Wildman–Crippen MR) is 113 cm³/mol. The molecule has 0 aromatic heterocycles. The normalized spacial score (nSPS) is 15.5. The number of carbonyl (C=O) groups is 1. The van der Waals surface area contributed by atoms with Gasteiger partial charge < -0.3 is 15.0 Å². The molecule has 0 fully saturated rings. The van der Waals surface area contributed by atoms with E-state index in [1.807, 2.05) is 42.5 Å². The number of amides is 1. The van der Waals surface area contributed by atoms with Crippen LogP contribution >= 0.6 is 11.6 Å². The van der Waals surface area contributed by atoms with Gasteiger partial charge in [0.1, 0.15) is 12.4 Å². The first-order chi connectivity index (χ1) is 13.7. The number of ether oxygens (including phenoxy) is 1. The summed E-state index contributed by atoms with van der Waals surface area (Å²) in [5.74, 6) is 0.807. The van der Waals surface area contributed by atoms with Crippen LogP contribution in [0.3, 0.4) is 0 Å². The van der Waals surface area contributed by atoms with Crippen LogP contribution in [0.5, 0.6) is 5.75 Å². The Morgan fingerprint density at radius 2 is 1.71 bits per heavy atom. The quantitative estimate of drug-likeness (QED) is 0.653. The lowest BCUT2D eigenvalue weighted by Crippen LogP contribution is -2.44. The van der Waals surface area contributed by atoms with E-state index in [1.165, 1.54) is 5.56 Å². The largest absolute Gasteiger partial charge is 0.489 e. The number of nitrogens with zero attached hydrogens (tertiary/aromatic N) is 1. The van der Waals surface area contributed by atoms with Crippen molar-refractivity contribution in [1.82, 2.24) is 0 Å². The van der Waals surface area contributed by atoms with E-state index in [1.54, 1.807) is 24.3 Å². The summed E-state index contributed by atoms with van der Waals surface area (Å²) in [5.41, 5.74) is 2.95.